The first kappa shape index (κ1) is 16.2. The number of hydrogen-bond donors (Lipinski definition) is 1. The summed E-state index contributed by atoms with van der Waals surface area (Å²) in [6.45, 7) is 5.66. The lowest BCUT2D eigenvalue weighted by atomic mass is 9.73. The molecule has 2 saturated heterocycles. The molecule has 5 nitrogen and oxygen atoms in total. The number of amides is 1. The van der Waals surface area contributed by atoms with E-state index in [1.807, 2.05) is 37.8 Å². The van der Waals surface area contributed by atoms with Gasteiger partial charge in [0.05, 0.1) is 5.60 Å². The summed E-state index contributed by atoms with van der Waals surface area (Å²) in [5, 5.41) is 11.2. The summed E-state index contributed by atoms with van der Waals surface area (Å²) >= 11 is 0. The van der Waals surface area contributed by atoms with Gasteiger partial charge < -0.3 is 14.7 Å². The highest BCUT2D eigenvalue weighted by Crippen LogP contribution is 2.44. The van der Waals surface area contributed by atoms with Crippen LogP contribution in [-0.2, 0) is 10.3 Å². The number of aliphatic hydroxyl groups is 1. The Kier molecular flexibility index (Phi) is 4.08. The van der Waals surface area contributed by atoms with Gasteiger partial charge in [-0.3, -0.25) is 4.98 Å². The Morgan fingerprint density at radius 2 is 2.00 bits per heavy atom. The summed E-state index contributed by atoms with van der Waals surface area (Å²) in [6.07, 6.45) is 7.22. The van der Waals surface area contributed by atoms with Crippen molar-refractivity contribution in [3.8, 4) is 0 Å². The van der Waals surface area contributed by atoms with Crippen molar-refractivity contribution in [2.75, 3.05) is 0 Å². The van der Waals surface area contributed by atoms with Crippen LogP contribution in [0.5, 0.6) is 0 Å². The zero-order chi connectivity index (χ0) is 16.7. The Balaban J connectivity index is 1.82. The first-order valence-electron chi connectivity index (χ1n) is 8.43. The van der Waals surface area contributed by atoms with Gasteiger partial charge in [0.2, 0.25) is 0 Å². The molecule has 23 heavy (non-hydrogen) atoms. The van der Waals surface area contributed by atoms with E-state index in [4.69, 9.17) is 4.74 Å². The number of ether oxygens (including phenoxy) is 1. The molecule has 1 amide bonds. The van der Waals surface area contributed by atoms with E-state index < -0.39 is 11.2 Å². The van der Waals surface area contributed by atoms with Crippen molar-refractivity contribution in [3.63, 3.8) is 0 Å². The summed E-state index contributed by atoms with van der Waals surface area (Å²) in [4.78, 5) is 18.6. The van der Waals surface area contributed by atoms with Gasteiger partial charge in [0.1, 0.15) is 5.60 Å². The van der Waals surface area contributed by atoms with Crippen LogP contribution < -0.4 is 0 Å². The molecule has 2 aliphatic rings. The molecule has 0 radical (unpaired) electrons. The highest BCUT2D eigenvalue weighted by atomic mass is 16.6. The van der Waals surface area contributed by atoms with E-state index in [-0.39, 0.29) is 18.2 Å². The maximum absolute atomic E-state index is 12.6. The smallest absolute Gasteiger partial charge is 0.410 e. The average Bonchev–Trinajstić information content (AvgIpc) is 2.45. The van der Waals surface area contributed by atoms with E-state index in [1.54, 1.807) is 12.4 Å². The van der Waals surface area contributed by atoms with Crippen molar-refractivity contribution in [1.29, 1.82) is 0 Å². The van der Waals surface area contributed by atoms with E-state index in [0.29, 0.717) is 12.8 Å². The SMILES string of the molecule is CC(C)(C)OC(=O)N1[C@@H]2CCC[C@H]1CC(O)(c1cccnc1)C2. The van der Waals surface area contributed by atoms with Crippen LogP contribution >= 0.6 is 0 Å². The normalized spacial score (nSPS) is 30.9. The molecule has 0 aliphatic carbocycles. The highest BCUT2D eigenvalue weighted by molar-refractivity contribution is 5.69. The quantitative estimate of drug-likeness (QED) is 0.863. The molecule has 3 atom stereocenters. The third kappa shape index (κ3) is 3.34. The molecule has 5 heteroatoms. The second-order valence-electron chi connectivity index (χ2n) is 7.81. The van der Waals surface area contributed by atoms with Crippen LogP contribution in [0.15, 0.2) is 24.5 Å². The number of fused-ring (bicyclic) bond motifs is 2. The molecule has 0 saturated carbocycles. The molecule has 1 aromatic heterocycles. The lowest BCUT2D eigenvalue weighted by Gasteiger charge is -2.51. The molecule has 1 aromatic rings. The van der Waals surface area contributed by atoms with Crippen molar-refractivity contribution in [2.24, 2.45) is 0 Å². The molecule has 2 fully saturated rings. The van der Waals surface area contributed by atoms with Crippen molar-refractivity contribution in [1.82, 2.24) is 9.88 Å². The minimum Gasteiger partial charge on any atom is -0.444 e. The van der Waals surface area contributed by atoms with Crippen molar-refractivity contribution >= 4 is 6.09 Å². The van der Waals surface area contributed by atoms with Gasteiger partial charge in [-0.25, -0.2) is 4.79 Å². The van der Waals surface area contributed by atoms with Gasteiger partial charge in [-0.1, -0.05) is 6.07 Å². The van der Waals surface area contributed by atoms with E-state index in [2.05, 4.69) is 4.98 Å². The minimum absolute atomic E-state index is 0.0301. The monoisotopic (exact) mass is 318 g/mol. The third-order valence-corrected chi connectivity index (χ3v) is 4.81. The fourth-order valence-electron chi connectivity index (χ4n) is 3.92. The van der Waals surface area contributed by atoms with Gasteiger partial charge >= 0.3 is 6.09 Å². The predicted molar refractivity (Wildman–Crippen MR) is 86.9 cm³/mol. The molecule has 2 aliphatic heterocycles. The van der Waals surface area contributed by atoms with Gasteiger partial charge in [0, 0.05) is 42.9 Å². The summed E-state index contributed by atoms with van der Waals surface area (Å²) in [5.74, 6) is 0. The van der Waals surface area contributed by atoms with Gasteiger partial charge in [-0.2, -0.15) is 0 Å². The number of carbonyl (C=O) groups excluding carboxylic acids is 1. The van der Waals surface area contributed by atoms with Crippen molar-refractivity contribution < 1.29 is 14.6 Å². The van der Waals surface area contributed by atoms with Crippen LogP contribution in [0, 0.1) is 0 Å². The number of hydrogen-bond acceptors (Lipinski definition) is 4. The third-order valence-electron chi connectivity index (χ3n) is 4.81. The number of rotatable bonds is 1. The summed E-state index contributed by atoms with van der Waals surface area (Å²) < 4.78 is 5.58. The molecular formula is C18H26N2O3. The molecular weight excluding hydrogens is 292 g/mol. The molecule has 0 spiro atoms. The van der Waals surface area contributed by atoms with E-state index >= 15 is 0 Å². The lowest BCUT2D eigenvalue weighted by Crippen LogP contribution is -2.59. The molecule has 1 unspecified atom stereocenters. The number of piperidine rings is 2. The van der Waals surface area contributed by atoms with Crippen LogP contribution in [0.4, 0.5) is 4.79 Å². The first-order valence-corrected chi connectivity index (χ1v) is 8.43. The molecule has 3 rings (SSSR count). The van der Waals surface area contributed by atoms with E-state index in [9.17, 15) is 9.90 Å². The summed E-state index contributed by atoms with van der Waals surface area (Å²) in [5.41, 5.74) is -0.550. The van der Waals surface area contributed by atoms with Crippen LogP contribution in [0.3, 0.4) is 0 Å². The first-order chi connectivity index (χ1) is 10.8. The van der Waals surface area contributed by atoms with Gasteiger partial charge in [0.25, 0.3) is 0 Å². The lowest BCUT2D eigenvalue weighted by molar-refractivity contribution is -0.0966. The van der Waals surface area contributed by atoms with E-state index in [1.165, 1.54) is 0 Å². The van der Waals surface area contributed by atoms with Crippen LogP contribution in [-0.4, -0.2) is 38.8 Å². The Morgan fingerprint density at radius 1 is 1.35 bits per heavy atom. The molecule has 0 aromatic carbocycles. The van der Waals surface area contributed by atoms with Crippen molar-refractivity contribution in [3.05, 3.63) is 30.1 Å². The largest absolute Gasteiger partial charge is 0.444 e. The number of pyridine rings is 1. The maximum atomic E-state index is 12.6. The Labute approximate surface area is 137 Å². The fourth-order valence-corrected chi connectivity index (χ4v) is 3.92. The Hall–Kier alpha value is -1.62. The standard InChI is InChI=1S/C18H26N2O3/c1-17(2,3)23-16(21)20-14-7-4-8-15(20)11-18(22,10-14)13-6-5-9-19-12-13/h5-6,9,12,14-15,22H,4,7-8,10-11H2,1-3H3/t14-,15+,18?. The second kappa shape index (κ2) is 5.78. The number of aromatic nitrogens is 1. The maximum Gasteiger partial charge on any atom is 0.410 e. The predicted octanol–water partition coefficient (Wildman–Crippen LogP) is 3.22. The number of carbonyl (C=O) groups is 1. The number of nitrogens with zero attached hydrogens (tertiary/aromatic N) is 2. The van der Waals surface area contributed by atoms with Gasteiger partial charge in [-0.15, -0.1) is 0 Å². The topological polar surface area (TPSA) is 62.7 Å². The van der Waals surface area contributed by atoms with E-state index in [0.717, 1.165) is 24.8 Å². The van der Waals surface area contributed by atoms with Crippen LogP contribution in [0.1, 0.15) is 58.4 Å². The molecule has 2 bridgehead atoms. The fraction of sp³-hybridized carbons (Fsp3) is 0.667. The van der Waals surface area contributed by atoms with Gasteiger partial charge in [0.15, 0.2) is 0 Å². The molecule has 126 valence electrons. The van der Waals surface area contributed by atoms with Gasteiger partial charge in [-0.05, 0) is 46.1 Å². The molecule has 1 N–H and O–H groups in total. The zero-order valence-corrected chi connectivity index (χ0v) is 14.2. The zero-order valence-electron chi connectivity index (χ0n) is 14.2. The minimum atomic E-state index is -0.900. The van der Waals surface area contributed by atoms with Crippen LogP contribution in [0.2, 0.25) is 0 Å². The Morgan fingerprint density at radius 3 is 2.52 bits per heavy atom. The second-order valence-corrected chi connectivity index (χ2v) is 7.81. The average molecular weight is 318 g/mol. The Bertz CT molecular complexity index is 553. The summed E-state index contributed by atoms with van der Waals surface area (Å²) in [6, 6.07) is 3.83. The van der Waals surface area contributed by atoms with Crippen molar-refractivity contribution in [2.45, 2.75) is 76.2 Å². The summed E-state index contributed by atoms with van der Waals surface area (Å²) in [7, 11) is 0. The van der Waals surface area contributed by atoms with Crippen LogP contribution in [0.25, 0.3) is 0 Å². The highest BCUT2D eigenvalue weighted by Gasteiger charge is 2.49. The molecule has 3 heterocycles.